The summed E-state index contributed by atoms with van der Waals surface area (Å²) in [5.41, 5.74) is 10.7. The lowest BCUT2D eigenvalue weighted by Gasteiger charge is -2.08. The Morgan fingerprint density at radius 3 is 2.80 bits per heavy atom. The van der Waals surface area contributed by atoms with Crippen LogP contribution >= 0.6 is 0 Å². The van der Waals surface area contributed by atoms with E-state index >= 15 is 0 Å². The van der Waals surface area contributed by atoms with Gasteiger partial charge in [-0.1, -0.05) is 25.1 Å². The number of hydrogen-bond donors (Lipinski definition) is 2. The maximum absolute atomic E-state index is 13.2. The van der Waals surface area contributed by atoms with E-state index in [-0.39, 0.29) is 5.82 Å². The van der Waals surface area contributed by atoms with Crippen molar-refractivity contribution in [1.29, 1.82) is 0 Å². The molecule has 1 aliphatic rings. The number of imidazole rings is 1. The summed E-state index contributed by atoms with van der Waals surface area (Å²) in [7, 11) is 0. The number of rotatable bonds is 2. The molecule has 5 heteroatoms. The number of aromatic amines is 1. The lowest BCUT2D eigenvalue weighted by Crippen LogP contribution is -1.97. The highest BCUT2D eigenvalue weighted by Crippen LogP contribution is 2.33. The molecular formula is C20H19FN4. The van der Waals surface area contributed by atoms with E-state index in [0.29, 0.717) is 11.7 Å². The number of nitrogen functional groups attached to an aromatic ring is 1. The average molecular weight is 334 g/mol. The van der Waals surface area contributed by atoms with Crippen molar-refractivity contribution in [2.24, 2.45) is 0 Å². The summed E-state index contributed by atoms with van der Waals surface area (Å²) in [6, 6.07) is 8.28. The Bertz CT molecular complexity index is 941. The molecular weight excluding hydrogens is 315 g/mol. The van der Waals surface area contributed by atoms with Crippen LogP contribution in [0.4, 0.5) is 10.2 Å². The van der Waals surface area contributed by atoms with Gasteiger partial charge in [-0.05, 0) is 48.6 Å². The SMILES string of the molecule is CC1CCC=Cc2nc(-c3cc(-c4ccc(F)cc4)cnc3N)[nH]c21. The minimum Gasteiger partial charge on any atom is -0.383 e. The van der Waals surface area contributed by atoms with Gasteiger partial charge in [0.05, 0.1) is 11.3 Å². The van der Waals surface area contributed by atoms with Gasteiger partial charge in [-0.15, -0.1) is 0 Å². The van der Waals surface area contributed by atoms with Gasteiger partial charge < -0.3 is 10.7 Å². The normalized spacial score (nSPS) is 16.5. The smallest absolute Gasteiger partial charge is 0.141 e. The molecule has 1 aliphatic carbocycles. The molecule has 0 spiro atoms. The molecule has 4 rings (SSSR count). The van der Waals surface area contributed by atoms with Gasteiger partial charge in [0.25, 0.3) is 0 Å². The van der Waals surface area contributed by atoms with E-state index in [1.165, 1.54) is 12.1 Å². The monoisotopic (exact) mass is 334 g/mol. The van der Waals surface area contributed by atoms with E-state index in [0.717, 1.165) is 46.7 Å². The fourth-order valence-corrected chi connectivity index (χ4v) is 3.18. The topological polar surface area (TPSA) is 67.6 Å². The fourth-order valence-electron chi connectivity index (χ4n) is 3.18. The third kappa shape index (κ3) is 2.93. The van der Waals surface area contributed by atoms with Crippen molar-refractivity contribution in [2.75, 3.05) is 5.73 Å². The lowest BCUT2D eigenvalue weighted by atomic mass is 10.0. The van der Waals surface area contributed by atoms with Gasteiger partial charge in [-0.2, -0.15) is 0 Å². The quantitative estimate of drug-likeness (QED) is 0.709. The summed E-state index contributed by atoms with van der Waals surface area (Å²) >= 11 is 0. The molecule has 1 atom stereocenters. The molecule has 0 aliphatic heterocycles. The summed E-state index contributed by atoms with van der Waals surface area (Å²) in [6.07, 6.45) is 8.07. The first-order valence-corrected chi connectivity index (χ1v) is 8.40. The maximum atomic E-state index is 13.2. The van der Waals surface area contributed by atoms with Crippen LogP contribution in [0.2, 0.25) is 0 Å². The van der Waals surface area contributed by atoms with Crippen LogP contribution in [0, 0.1) is 5.82 Å². The Hall–Kier alpha value is -2.95. The number of nitrogens with one attached hydrogen (secondary N) is 1. The second-order valence-electron chi connectivity index (χ2n) is 6.43. The molecule has 1 unspecified atom stereocenters. The first-order chi connectivity index (χ1) is 12.1. The molecule has 2 aromatic heterocycles. The van der Waals surface area contributed by atoms with Gasteiger partial charge in [0.15, 0.2) is 0 Å². The van der Waals surface area contributed by atoms with Crippen LogP contribution in [0.3, 0.4) is 0 Å². The molecule has 3 aromatic rings. The van der Waals surface area contributed by atoms with Crippen molar-refractivity contribution in [1.82, 2.24) is 15.0 Å². The summed E-state index contributed by atoms with van der Waals surface area (Å²) in [4.78, 5) is 12.4. The fraction of sp³-hybridized carbons (Fsp3) is 0.200. The van der Waals surface area contributed by atoms with E-state index < -0.39 is 0 Å². The highest BCUT2D eigenvalue weighted by atomic mass is 19.1. The Labute approximate surface area is 145 Å². The first-order valence-electron chi connectivity index (χ1n) is 8.40. The first kappa shape index (κ1) is 15.6. The number of fused-ring (bicyclic) bond motifs is 1. The van der Waals surface area contributed by atoms with Crippen LogP contribution in [0.25, 0.3) is 28.6 Å². The average Bonchev–Trinajstić information content (AvgIpc) is 2.96. The number of pyridine rings is 1. The van der Waals surface area contributed by atoms with Crippen molar-refractivity contribution >= 4 is 11.9 Å². The van der Waals surface area contributed by atoms with Gasteiger partial charge in [0.2, 0.25) is 0 Å². The maximum Gasteiger partial charge on any atom is 0.141 e. The van der Waals surface area contributed by atoms with Gasteiger partial charge >= 0.3 is 0 Å². The molecule has 0 fully saturated rings. The van der Waals surface area contributed by atoms with Crippen molar-refractivity contribution in [3.8, 4) is 22.5 Å². The second kappa shape index (κ2) is 6.16. The Balaban J connectivity index is 1.79. The lowest BCUT2D eigenvalue weighted by molar-refractivity contribution is 0.628. The van der Waals surface area contributed by atoms with Gasteiger partial charge in [0.1, 0.15) is 17.5 Å². The number of benzene rings is 1. The minimum atomic E-state index is -0.261. The van der Waals surface area contributed by atoms with Crippen LogP contribution in [0.1, 0.15) is 37.1 Å². The molecule has 0 amide bonds. The van der Waals surface area contributed by atoms with Crippen LogP contribution in [0.15, 0.2) is 42.6 Å². The third-order valence-electron chi connectivity index (χ3n) is 4.65. The molecule has 1 aromatic carbocycles. The predicted octanol–water partition coefficient (Wildman–Crippen LogP) is 4.77. The molecule has 0 saturated carbocycles. The third-order valence-corrected chi connectivity index (χ3v) is 4.65. The number of hydrogen-bond acceptors (Lipinski definition) is 3. The van der Waals surface area contributed by atoms with Gasteiger partial charge in [-0.3, -0.25) is 0 Å². The molecule has 25 heavy (non-hydrogen) atoms. The number of anilines is 1. The molecule has 0 saturated heterocycles. The number of halogens is 1. The number of nitrogens with two attached hydrogens (primary N) is 1. The van der Waals surface area contributed by atoms with E-state index in [1.54, 1.807) is 18.3 Å². The van der Waals surface area contributed by atoms with E-state index in [2.05, 4.69) is 29.0 Å². The van der Waals surface area contributed by atoms with E-state index in [4.69, 9.17) is 10.7 Å². The Morgan fingerprint density at radius 1 is 1.20 bits per heavy atom. The molecule has 2 heterocycles. The summed E-state index contributed by atoms with van der Waals surface area (Å²) in [6.45, 7) is 2.20. The summed E-state index contributed by atoms with van der Waals surface area (Å²) in [5, 5.41) is 0. The van der Waals surface area contributed by atoms with Crippen LogP contribution in [-0.2, 0) is 0 Å². The number of aromatic nitrogens is 3. The molecule has 4 nitrogen and oxygen atoms in total. The molecule has 126 valence electrons. The largest absolute Gasteiger partial charge is 0.383 e. The Kier molecular flexibility index (Phi) is 3.84. The number of nitrogens with zero attached hydrogens (tertiary/aromatic N) is 2. The van der Waals surface area contributed by atoms with Crippen molar-refractivity contribution in [2.45, 2.75) is 25.7 Å². The van der Waals surface area contributed by atoms with Gasteiger partial charge in [0, 0.05) is 17.5 Å². The summed E-state index contributed by atoms with van der Waals surface area (Å²) < 4.78 is 13.2. The van der Waals surface area contributed by atoms with E-state index in [1.807, 2.05) is 6.07 Å². The zero-order chi connectivity index (χ0) is 17.4. The van der Waals surface area contributed by atoms with Crippen molar-refractivity contribution in [3.63, 3.8) is 0 Å². The second-order valence-corrected chi connectivity index (χ2v) is 6.43. The molecule has 0 radical (unpaired) electrons. The molecule has 0 bridgehead atoms. The number of H-pyrrole nitrogens is 1. The predicted molar refractivity (Wildman–Crippen MR) is 98.3 cm³/mol. The van der Waals surface area contributed by atoms with Crippen LogP contribution in [-0.4, -0.2) is 15.0 Å². The minimum absolute atomic E-state index is 0.261. The van der Waals surface area contributed by atoms with Gasteiger partial charge in [-0.25, -0.2) is 14.4 Å². The standard InChI is InChI=1S/C20H19FN4/c1-12-4-2-3-5-17-18(12)25-20(24-17)16-10-14(11-23-19(16)22)13-6-8-15(21)9-7-13/h3,5-12H,2,4H2,1H3,(H2,22,23)(H,24,25). The van der Waals surface area contributed by atoms with E-state index in [9.17, 15) is 4.39 Å². The van der Waals surface area contributed by atoms with Crippen molar-refractivity contribution < 1.29 is 4.39 Å². The Morgan fingerprint density at radius 2 is 2.00 bits per heavy atom. The van der Waals surface area contributed by atoms with Crippen LogP contribution < -0.4 is 5.73 Å². The molecule has 3 N–H and O–H groups in total. The zero-order valence-corrected chi connectivity index (χ0v) is 14.0. The zero-order valence-electron chi connectivity index (χ0n) is 14.0. The number of allylic oxidation sites excluding steroid dienone is 1. The van der Waals surface area contributed by atoms with Crippen LogP contribution in [0.5, 0.6) is 0 Å². The highest BCUT2D eigenvalue weighted by molar-refractivity contribution is 5.76. The highest BCUT2D eigenvalue weighted by Gasteiger charge is 2.19. The van der Waals surface area contributed by atoms with Crippen molar-refractivity contribution in [3.05, 3.63) is 59.8 Å². The summed E-state index contributed by atoms with van der Waals surface area (Å²) in [5.74, 6) is 1.30.